The van der Waals surface area contributed by atoms with Crippen molar-refractivity contribution in [1.29, 1.82) is 5.26 Å². The number of hydrogen-bond donors (Lipinski definition) is 1. The van der Waals surface area contributed by atoms with E-state index in [1.165, 1.54) is 23.4 Å². The highest BCUT2D eigenvalue weighted by Crippen LogP contribution is 2.38. The van der Waals surface area contributed by atoms with E-state index in [2.05, 4.69) is 34.9 Å². The zero-order chi connectivity index (χ0) is 16.4. The molecule has 7 heteroatoms. The number of fused-ring (bicyclic) bond motifs is 1. The van der Waals surface area contributed by atoms with Crippen LogP contribution in [0.3, 0.4) is 0 Å². The van der Waals surface area contributed by atoms with Gasteiger partial charge in [0.25, 0.3) is 0 Å². The summed E-state index contributed by atoms with van der Waals surface area (Å²) in [7, 11) is 0. The van der Waals surface area contributed by atoms with Crippen LogP contribution in [0.5, 0.6) is 5.75 Å². The number of nitrogens with zero attached hydrogens (tertiary/aromatic N) is 4. The average molecular weight is 327 g/mol. The lowest BCUT2D eigenvalue weighted by molar-refractivity contribution is 0.290. The molecule has 2 aromatic rings. The Balaban J connectivity index is 1.66. The standard InChI is InChI=1S/C16H17N5OS/c1-16(2)9-22-13-8-19-10(5-12(13)16)3-4-23-15-20-11(7-17)6-14(18)21-15/h5-6,8H,3-4,9H2,1-2H3,(H2,18,20,21). The Hall–Kier alpha value is -2.33. The molecule has 0 aliphatic carbocycles. The molecule has 0 amide bonds. The molecule has 0 radical (unpaired) electrons. The van der Waals surface area contributed by atoms with Crippen molar-refractivity contribution in [2.24, 2.45) is 0 Å². The number of nitriles is 1. The Labute approximate surface area is 139 Å². The maximum Gasteiger partial charge on any atom is 0.190 e. The van der Waals surface area contributed by atoms with E-state index in [0.717, 1.165) is 23.6 Å². The van der Waals surface area contributed by atoms with Crippen molar-refractivity contribution in [3.05, 3.63) is 35.3 Å². The number of anilines is 1. The first-order chi connectivity index (χ1) is 11.0. The van der Waals surface area contributed by atoms with Crippen LogP contribution >= 0.6 is 11.8 Å². The first kappa shape index (κ1) is 15.6. The topological polar surface area (TPSA) is 97.7 Å². The lowest BCUT2D eigenvalue weighted by Gasteiger charge is -2.15. The number of rotatable bonds is 4. The second kappa shape index (κ2) is 6.05. The molecule has 3 heterocycles. The number of aryl methyl sites for hydroxylation is 1. The van der Waals surface area contributed by atoms with Gasteiger partial charge in [0.2, 0.25) is 0 Å². The minimum Gasteiger partial charge on any atom is -0.491 e. The lowest BCUT2D eigenvalue weighted by atomic mass is 9.87. The quantitative estimate of drug-likeness (QED) is 0.679. The molecule has 0 bridgehead atoms. The number of hydrogen-bond acceptors (Lipinski definition) is 7. The molecule has 0 saturated heterocycles. The fourth-order valence-electron chi connectivity index (χ4n) is 2.41. The average Bonchev–Trinajstić information content (AvgIpc) is 2.82. The van der Waals surface area contributed by atoms with Crippen molar-refractivity contribution in [2.75, 3.05) is 18.1 Å². The van der Waals surface area contributed by atoms with E-state index in [1.54, 1.807) is 6.20 Å². The van der Waals surface area contributed by atoms with E-state index in [1.807, 2.05) is 6.07 Å². The summed E-state index contributed by atoms with van der Waals surface area (Å²) in [4.78, 5) is 12.7. The predicted octanol–water partition coefficient (Wildman–Crippen LogP) is 2.33. The highest BCUT2D eigenvalue weighted by molar-refractivity contribution is 7.99. The van der Waals surface area contributed by atoms with Crippen LogP contribution in [-0.4, -0.2) is 27.3 Å². The van der Waals surface area contributed by atoms with E-state index in [9.17, 15) is 0 Å². The minimum atomic E-state index is 0.0266. The van der Waals surface area contributed by atoms with Gasteiger partial charge in [-0.2, -0.15) is 5.26 Å². The Bertz CT molecular complexity index is 785. The van der Waals surface area contributed by atoms with Crippen LogP contribution in [0.4, 0.5) is 5.82 Å². The van der Waals surface area contributed by atoms with Crippen molar-refractivity contribution in [3.8, 4) is 11.8 Å². The number of thioether (sulfide) groups is 1. The Morgan fingerprint density at radius 2 is 2.22 bits per heavy atom. The Kier molecular flexibility index (Phi) is 4.09. The summed E-state index contributed by atoms with van der Waals surface area (Å²) >= 11 is 1.47. The summed E-state index contributed by atoms with van der Waals surface area (Å²) < 4.78 is 5.65. The summed E-state index contributed by atoms with van der Waals surface area (Å²) in [5, 5.41) is 9.42. The van der Waals surface area contributed by atoms with Gasteiger partial charge < -0.3 is 10.5 Å². The van der Waals surface area contributed by atoms with Crippen molar-refractivity contribution < 1.29 is 4.74 Å². The van der Waals surface area contributed by atoms with Gasteiger partial charge in [-0.25, -0.2) is 9.97 Å². The monoisotopic (exact) mass is 327 g/mol. The molecule has 1 aliphatic rings. The van der Waals surface area contributed by atoms with Crippen molar-refractivity contribution in [2.45, 2.75) is 30.8 Å². The van der Waals surface area contributed by atoms with Gasteiger partial charge in [0.05, 0.1) is 12.8 Å². The molecule has 2 N–H and O–H groups in total. The summed E-state index contributed by atoms with van der Waals surface area (Å²) in [6, 6.07) is 5.56. The maximum atomic E-state index is 8.90. The summed E-state index contributed by atoms with van der Waals surface area (Å²) in [6.07, 6.45) is 2.59. The number of pyridine rings is 1. The molecule has 23 heavy (non-hydrogen) atoms. The van der Waals surface area contributed by atoms with Gasteiger partial charge in [-0.05, 0) is 12.5 Å². The summed E-state index contributed by atoms with van der Waals surface area (Å²) in [5.74, 6) is 1.96. The van der Waals surface area contributed by atoms with Crippen LogP contribution in [0, 0.1) is 11.3 Å². The van der Waals surface area contributed by atoms with Crippen molar-refractivity contribution in [1.82, 2.24) is 15.0 Å². The van der Waals surface area contributed by atoms with Gasteiger partial charge in [0.15, 0.2) is 5.16 Å². The second-order valence-electron chi connectivity index (χ2n) is 6.02. The van der Waals surface area contributed by atoms with Crippen LogP contribution in [0.15, 0.2) is 23.5 Å². The van der Waals surface area contributed by atoms with Gasteiger partial charge in [-0.1, -0.05) is 25.6 Å². The Morgan fingerprint density at radius 3 is 3.00 bits per heavy atom. The van der Waals surface area contributed by atoms with Gasteiger partial charge >= 0.3 is 0 Å². The zero-order valence-corrected chi connectivity index (χ0v) is 13.9. The fraction of sp³-hybridized carbons (Fsp3) is 0.375. The first-order valence-corrected chi connectivity index (χ1v) is 8.26. The molecule has 0 fully saturated rings. The molecule has 0 aromatic carbocycles. The minimum absolute atomic E-state index is 0.0266. The molecule has 2 aromatic heterocycles. The third kappa shape index (κ3) is 3.37. The maximum absolute atomic E-state index is 8.90. The highest BCUT2D eigenvalue weighted by atomic mass is 32.2. The molecule has 0 spiro atoms. The van der Waals surface area contributed by atoms with Crippen molar-refractivity contribution in [3.63, 3.8) is 0 Å². The molecule has 1 aliphatic heterocycles. The summed E-state index contributed by atoms with van der Waals surface area (Å²) in [5.41, 5.74) is 8.20. The normalized spacial score (nSPS) is 14.8. The number of ether oxygens (including phenoxy) is 1. The van der Waals surface area contributed by atoms with E-state index < -0.39 is 0 Å². The van der Waals surface area contributed by atoms with Crippen LogP contribution in [0.1, 0.15) is 30.8 Å². The van der Waals surface area contributed by atoms with Crippen molar-refractivity contribution >= 4 is 17.6 Å². The van der Waals surface area contributed by atoms with Crippen LogP contribution in [0.2, 0.25) is 0 Å². The van der Waals surface area contributed by atoms with E-state index in [0.29, 0.717) is 17.6 Å². The molecule has 0 unspecified atom stereocenters. The molecular formula is C16H17N5OS. The SMILES string of the molecule is CC1(C)COc2cnc(CCSc3nc(N)cc(C#N)n3)cc21. The van der Waals surface area contributed by atoms with Gasteiger partial charge in [0.1, 0.15) is 23.3 Å². The molecular weight excluding hydrogens is 310 g/mol. The molecule has 0 atom stereocenters. The van der Waals surface area contributed by atoms with Gasteiger partial charge in [0, 0.05) is 28.5 Å². The Morgan fingerprint density at radius 1 is 1.39 bits per heavy atom. The molecule has 118 valence electrons. The van der Waals surface area contributed by atoms with Crippen LogP contribution in [0.25, 0.3) is 0 Å². The van der Waals surface area contributed by atoms with Gasteiger partial charge in [-0.3, -0.25) is 4.98 Å². The first-order valence-electron chi connectivity index (χ1n) is 7.27. The van der Waals surface area contributed by atoms with E-state index in [-0.39, 0.29) is 11.1 Å². The molecule has 3 rings (SSSR count). The smallest absolute Gasteiger partial charge is 0.190 e. The molecule has 0 saturated carbocycles. The van der Waals surface area contributed by atoms with E-state index in [4.69, 9.17) is 15.7 Å². The van der Waals surface area contributed by atoms with E-state index >= 15 is 0 Å². The second-order valence-corrected chi connectivity index (χ2v) is 7.08. The number of nitrogens with two attached hydrogens (primary N) is 1. The number of nitrogen functional groups attached to an aromatic ring is 1. The van der Waals surface area contributed by atoms with Crippen LogP contribution < -0.4 is 10.5 Å². The fourth-order valence-corrected chi connectivity index (χ4v) is 3.24. The zero-order valence-electron chi connectivity index (χ0n) is 13.0. The lowest BCUT2D eigenvalue weighted by Crippen LogP contribution is -2.18. The highest BCUT2D eigenvalue weighted by Gasteiger charge is 2.32. The third-order valence-corrected chi connectivity index (χ3v) is 4.52. The van der Waals surface area contributed by atoms with Crippen LogP contribution in [-0.2, 0) is 11.8 Å². The summed E-state index contributed by atoms with van der Waals surface area (Å²) in [6.45, 7) is 5.03. The molecule has 6 nitrogen and oxygen atoms in total. The van der Waals surface area contributed by atoms with Gasteiger partial charge in [-0.15, -0.1) is 0 Å². The number of aromatic nitrogens is 3. The predicted molar refractivity (Wildman–Crippen MR) is 88.3 cm³/mol. The largest absolute Gasteiger partial charge is 0.491 e. The third-order valence-electron chi connectivity index (χ3n) is 3.67.